The smallest absolute Gasteiger partial charge is 0.220 e. The van der Waals surface area contributed by atoms with Crippen molar-refractivity contribution in [3.63, 3.8) is 0 Å². The number of hydrogen-bond acceptors (Lipinski definition) is 2. The van der Waals surface area contributed by atoms with Crippen molar-refractivity contribution in [2.45, 2.75) is 32.2 Å². The number of hydrogen-bond donors (Lipinski definition) is 1. The van der Waals surface area contributed by atoms with Crippen molar-refractivity contribution in [1.82, 2.24) is 10.2 Å². The first-order valence-corrected chi connectivity index (χ1v) is 9.11. The molecule has 3 nitrogen and oxygen atoms in total. The molecular formula is C21H24F2N2O. The fourth-order valence-electron chi connectivity index (χ4n) is 3.35. The van der Waals surface area contributed by atoms with Crippen molar-refractivity contribution in [3.05, 3.63) is 70.8 Å². The Labute approximate surface area is 153 Å². The summed E-state index contributed by atoms with van der Waals surface area (Å²) in [6, 6.07) is 11.8. The van der Waals surface area contributed by atoms with E-state index in [2.05, 4.69) is 34.5 Å². The van der Waals surface area contributed by atoms with E-state index in [1.807, 2.05) is 0 Å². The number of halogens is 2. The van der Waals surface area contributed by atoms with E-state index in [1.54, 1.807) is 0 Å². The molecule has 1 heterocycles. The van der Waals surface area contributed by atoms with Crippen LogP contribution in [0.1, 0.15) is 29.5 Å². The monoisotopic (exact) mass is 358 g/mol. The van der Waals surface area contributed by atoms with Crippen molar-refractivity contribution in [1.29, 1.82) is 0 Å². The van der Waals surface area contributed by atoms with Crippen LogP contribution in [0.15, 0.2) is 42.5 Å². The molecule has 138 valence electrons. The third kappa shape index (κ3) is 5.11. The Morgan fingerprint density at radius 2 is 1.92 bits per heavy atom. The van der Waals surface area contributed by atoms with Gasteiger partial charge in [-0.05, 0) is 54.2 Å². The van der Waals surface area contributed by atoms with Crippen molar-refractivity contribution in [2.75, 3.05) is 19.6 Å². The summed E-state index contributed by atoms with van der Waals surface area (Å²) in [6.07, 6.45) is 2.32. The minimum Gasteiger partial charge on any atom is -0.356 e. The summed E-state index contributed by atoms with van der Waals surface area (Å²) < 4.78 is 26.7. The van der Waals surface area contributed by atoms with E-state index >= 15 is 0 Å². The van der Waals surface area contributed by atoms with Crippen LogP contribution in [0.2, 0.25) is 0 Å². The van der Waals surface area contributed by atoms with Gasteiger partial charge in [-0.1, -0.05) is 24.3 Å². The lowest BCUT2D eigenvalue weighted by molar-refractivity contribution is -0.121. The molecule has 1 N–H and O–H groups in total. The highest BCUT2D eigenvalue weighted by atomic mass is 19.1. The fraction of sp³-hybridized carbons (Fsp3) is 0.381. The van der Waals surface area contributed by atoms with Crippen molar-refractivity contribution >= 4 is 5.91 Å². The van der Waals surface area contributed by atoms with E-state index in [0.717, 1.165) is 50.7 Å². The number of benzene rings is 2. The van der Waals surface area contributed by atoms with Crippen LogP contribution in [0.5, 0.6) is 0 Å². The number of fused-ring (bicyclic) bond motifs is 1. The predicted octanol–water partition coefficient (Wildman–Crippen LogP) is 3.46. The third-order valence-electron chi connectivity index (χ3n) is 4.81. The number of nitrogens with one attached hydrogen (secondary N) is 1. The SMILES string of the molecule is O=C(CCc1cc(F)ccc1F)NCCCN1CCc2ccccc2C1. The molecule has 0 radical (unpaired) electrons. The van der Waals surface area contributed by atoms with Crippen LogP contribution >= 0.6 is 0 Å². The second-order valence-corrected chi connectivity index (χ2v) is 6.73. The van der Waals surface area contributed by atoms with Gasteiger partial charge in [0.2, 0.25) is 5.91 Å². The number of carbonyl (C=O) groups is 1. The highest BCUT2D eigenvalue weighted by Crippen LogP contribution is 2.18. The Morgan fingerprint density at radius 3 is 2.77 bits per heavy atom. The molecule has 0 unspecified atom stereocenters. The molecule has 0 bridgehead atoms. The second-order valence-electron chi connectivity index (χ2n) is 6.73. The lowest BCUT2D eigenvalue weighted by Gasteiger charge is -2.28. The molecular weight excluding hydrogens is 334 g/mol. The zero-order chi connectivity index (χ0) is 18.4. The highest BCUT2D eigenvalue weighted by molar-refractivity contribution is 5.76. The van der Waals surface area contributed by atoms with E-state index in [-0.39, 0.29) is 24.3 Å². The molecule has 0 spiro atoms. The van der Waals surface area contributed by atoms with E-state index in [4.69, 9.17) is 0 Å². The lowest BCUT2D eigenvalue weighted by atomic mass is 10.00. The predicted molar refractivity (Wildman–Crippen MR) is 97.7 cm³/mol. The Bertz CT molecular complexity index is 763. The average Bonchev–Trinajstić information content (AvgIpc) is 2.66. The topological polar surface area (TPSA) is 32.3 Å². The summed E-state index contributed by atoms with van der Waals surface area (Å²) in [5.41, 5.74) is 3.06. The molecule has 1 aliphatic heterocycles. The van der Waals surface area contributed by atoms with Gasteiger partial charge in [0.25, 0.3) is 0 Å². The van der Waals surface area contributed by atoms with Crippen molar-refractivity contribution in [3.8, 4) is 0 Å². The first-order chi connectivity index (χ1) is 12.6. The van der Waals surface area contributed by atoms with Crippen LogP contribution in [-0.2, 0) is 24.2 Å². The van der Waals surface area contributed by atoms with Gasteiger partial charge in [-0.3, -0.25) is 9.69 Å². The van der Waals surface area contributed by atoms with Gasteiger partial charge in [0.1, 0.15) is 11.6 Å². The zero-order valence-electron chi connectivity index (χ0n) is 14.8. The van der Waals surface area contributed by atoms with Gasteiger partial charge < -0.3 is 5.32 Å². The Morgan fingerprint density at radius 1 is 1.12 bits per heavy atom. The summed E-state index contributed by atoms with van der Waals surface area (Å²) in [5.74, 6) is -1.08. The highest BCUT2D eigenvalue weighted by Gasteiger charge is 2.15. The molecule has 3 rings (SSSR count). The van der Waals surface area contributed by atoms with Crippen LogP contribution in [0.4, 0.5) is 8.78 Å². The Balaban J connectivity index is 1.34. The summed E-state index contributed by atoms with van der Waals surface area (Å²) in [7, 11) is 0. The lowest BCUT2D eigenvalue weighted by Crippen LogP contribution is -2.33. The molecule has 26 heavy (non-hydrogen) atoms. The summed E-state index contributed by atoms with van der Waals surface area (Å²) in [6.45, 7) is 3.54. The van der Waals surface area contributed by atoms with E-state index in [9.17, 15) is 13.6 Å². The number of rotatable bonds is 7. The average molecular weight is 358 g/mol. The molecule has 0 aromatic heterocycles. The molecule has 0 atom stereocenters. The van der Waals surface area contributed by atoms with E-state index < -0.39 is 11.6 Å². The number of aryl methyl sites for hydroxylation is 1. The van der Waals surface area contributed by atoms with Gasteiger partial charge in [-0.2, -0.15) is 0 Å². The maximum absolute atomic E-state index is 13.5. The molecule has 0 fully saturated rings. The molecule has 0 saturated carbocycles. The van der Waals surface area contributed by atoms with Crippen LogP contribution in [0.3, 0.4) is 0 Å². The Hall–Kier alpha value is -2.27. The van der Waals surface area contributed by atoms with Crippen molar-refractivity contribution in [2.24, 2.45) is 0 Å². The molecule has 1 amide bonds. The molecule has 0 aliphatic carbocycles. The molecule has 5 heteroatoms. The van der Waals surface area contributed by atoms with Gasteiger partial charge in [0, 0.05) is 32.6 Å². The third-order valence-corrected chi connectivity index (χ3v) is 4.81. The first-order valence-electron chi connectivity index (χ1n) is 9.11. The van der Waals surface area contributed by atoms with Gasteiger partial charge >= 0.3 is 0 Å². The standard InChI is InChI=1S/C21H24F2N2O/c22-19-7-8-20(23)17(14-19)6-9-21(26)24-11-3-12-25-13-10-16-4-1-2-5-18(16)15-25/h1-2,4-5,7-8,14H,3,6,9-13,15H2,(H,24,26). The number of nitrogens with zero attached hydrogens (tertiary/aromatic N) is 1. The molecule has 0 saturated heterocycles. The summed E-state index contributed by atoms with van der Waals surface area (Å²) >= 11 is 0. The van der Waals surface area contributed by atoms with Gasteiger partial charge in [-0.25, -0.2) is 8.78 Å². The molecule has 2 aromatic carbocycles. The summed E-state index contributed by atoms with van der Waals surface area (Å²) in [4.78, 5) is 14.3. The molecule has 2 aromatic rings. The minimum atomic E-state index is -0.482. The number of carbonyl (C=O) groups excluding carboxylic acids is 1. The van der Waals surface area contributed by atoms with Crippen LogP contribution < -0.4 is 5.32 Å². The number of amides is 1. The summed E-state index contributed by atoms with van der Waals surface area (Å²) in [5, 5.41) is 2.86. The normalized spacial score (nSPS) is 14.1. The van der Waals surface area contributed by atoms with E-state index in [1.165, 1.54) is 11.1 Å². The van der Waals surface area contributed by atoms with Gasteiger partial charge in [0.05, 0.1) is 0 Å². The quantitative estimate of drug-likeness (QED) is 0.769. The molecule has 1 aliphatic rings. The Kier molecular flexibility index (Phi) is 6.34. The fourth-order valence-corrected chi connectivity index (χ4v) is 3.35. The largest absolute Gasteiger partial charge is 0.356 e. The maximum Gasteiger partial charge on any atom is 0.220 e. The first kappa shape index (κ1) is 18.5. The van der Waals surface area contributed by atoms with Crippen molar-refractivity contribution < 1.29 is 13.6 Å². The van der Waals surface area contributed by atoms with Crippen LogP contribution in [-0.4, -0.2) is 30.4 Å². The maximum atomic E-state index is 13.5. The van der Waals surface area contributed by atoms with Crippen LogP contribution in [0.25, 0.3) is 0 Å². The van der Waals surface area contributed by atoms with E-state index in [0.29, 0.717) is 6.54 Å². The zero-order valence-corrected chi connectivity index (χ0v) is 14.8. The van der Waals surface area contributed by atoms with Gasteiger partial charge in [-0.15, -0.1) is 0 Å². The van der Waals surface area contributed by atoms with Gasteiger partial charge in [0.15, 0.2) is 0 Å². The van der Waals surface area contributed by atoms with Crippen LogP contribution in [0, 0.1) is 11.6 Å². The second kappa shape index (κ2) is 8.90. The minimum absolute atomic E-state index is 0.127.